The smallest absolute Gasteiger partial charge is 0.224 e. The topological polar surface area (TPSA) is 105 Å². The SMILES string of the molecule is COc1ccc(CNC(O)c2nc(NC(C)c3ccccn3)nc3ccsc23)cn1. The third-order valence-corrected chi connectivity index (χ3v) is 5.50. The van der Waals surface area contributed by atoms with E-state index in [1.165, 1.54) is 11.3 Å². The number of methoxy groups -OCH3 is 1. The summed E-state index contributed by atoms with van der Waals surface area (Å²) >= 11 is 1.50. The Kier molecular flexibility index (Phi) is 6.12. The van der Waals surface area contributed by atoms with Crippen molar-refractivity contribution in [2.45, 2.75) is 25.7 Å². The summed E-state index contributed by atoms with van der Waals surface area (Å²) in [6.07, 6.45) is 2.51. The molecule has 0 spiro atoms. The summed E-state index contributed by atoms with van der Waals surface area (Å²) in [6.45, 7) is 2.43. The Bertz CT molecular complexity index is 1100. The summed E-state index contributed by atoms with van der Waals surface area (Å²) in [5, 5.41) is 19.1. The Morgan fingerprint density at radius 3 is 2.77 bits per heavy atom. The van der Waals surface area contributed by atoms with Gasteiger partial charge in [-0.15, -0.1) is 11.3 Å². The van der Waals surface area contributed by atoms with E-state index in [9.17, 15) is 5.11 Å². The molecule has 9 heteroatoms. The fourth-order valence-electron chi connectivity index (χ4n) is 2.98. The van der Waals surface area contributed by atoms with E-state index >= 15 is 0 Å². The molecule has 2 unspecified atom stereocenters. The second-order valence-corrected chi connectivity index (χ2v) is 7.60. The molecule has 0 saturated carbocycles. The third-order valence-electron chi connectivity index (χ3n) is 4.57. The van der Waals surface area contributed by atoms with Gasteiger partial charge in [0.2, 0.25) is 11.8 Å². The van der Waals surface area contributed by atoms with Crippen molar-refractivity contribution in [3.63, 3.8) is 0 Å². The highest BCUT2D eigenvalue weighted by Gasteiger charge is 2.18. The van der Waals surface area contributed by atoms with E-state index in [0.717, 1.165) is 21.5 Å². The number of rotatable bonds is 8. The van der Waals surface area contributed by atoms with E-state index in [4.69, 9.17) is 4.74 Å². The zero-order valence-corrected chi connectivity index (χ0v) is 17.4. The summed E-state index contributed by atoms with van der Waals surface area (Å²) in [4.78, 5) is 17.7. The van der Waals surface area contributed by atoms with Crippen LogP contribution in [0.2, 0.25) is 0 Å². The molecule has 0 fully saturated rings. The molecule has 0 aliphatic carbocycles. The van der Waals surface area contributed by atoms with E-state index in [0.29, 0.717) is 24.1 Å². The van der Waals surface area contributed by atoms with Crippen molar-refractivity contribution in [1.82, 2.24) is 25.3 Å². The lowest BCUT2D eigenvalue weighted by molar-refractivity contribution is 0.134. The highest BCUT2D eigenvalue weighted by Crippen LogP contribution is 2.28. The molecule has 8 nitrogen and oxygen atoms in total. The normalized spacial score (nSPS) is 13.2. The van der Waals surface area contributed by atoms with Crippen molar-refractivity contribution in [2.24, 2.45) is 0 Å². The van der Waals surface area contributed by atoms with E-state index in [2.05, 4.69) is 30.6 Å². The number of thiophene rings is 1. The van der Waals surface area contributed by atoms with Gasteiger partial charge >= 0.3 is 0 Å². The molecule has 4 aromatic rings. The Morgan fingerprint density at radius 1 is 1.13 bits per heavy atom. The summed E-state index contributed by atoms with van der Waals surface area (Å²) in [5.74, 6) is 0.995. The number of aromatic nitrogens is 4. The number of nitrogens with zero attached hydrogens (tertiary/aromatic N) is 4. The van der Waals surface area contributed by atoms with Crippen LogP contribution in [-0.4, -0.2) is 32.2 Å². The van der Waals surface area contributed by atoms with Crippen molar-refractivity contribution in [1.29, 1.82) is 0 Å². The molecular formula is C21H22N6O2S. The van der Waals surface area contributed by atoms with Crippen LogP contribution >= 0.6 is 11.3 Å². The highest BCUT2D eigenvalue weighted by molar-refractivity contribution is 7.17. The van der Waals surface area contributed by atoms with Crippen LogP contribution in [0.15, 0.2) is 54.2 Å². The van der Waals surface area contributed by atoms with Gasteiger partial charge in [0.25, 0.3) is 0 Å². The summed E-state index contributed by atoms with van der Waals surface area (Å²) in [5.41, 5.74) is 3.13. The van der Waals surface area contributed by atoms with Gasteiger partial charge in [-0.25, -0.2) is 15.0 Å². The van der Waals surface area contributed by atoms with Gasteiger partial charge in [-0.1, -0.05) is 12.1 Å². The van der Waals surface area contributed by atoms with Crippen LogP contribution in [0.25, 0.3) is 10.2 Å². The number of ether oxygens (including phenoxy) is 1. The van der Waals surface area contributed by atoms with Crippen molar-refractivity contribution >= 4 is 27.5 Å². The molecule has 0 radical (unpaired) electrons. The zero-order chi connectivity index (χ0) is 20.9. The highest BCUT2D eigenvalue weighted by atomic mass is 32.1. The standard InChI is InChI=1S/C21H22N6O2S/c1-13(15-5-3-4-9-22-15)25-21-26-16-8-10-30-19(16)18(27-21)20(28)24-12-14-6-7-17(29-2)23-11-14/h3-11,13,20,24,28H,12H2,1-2H3,(H,25,26,27). The maximum atomic E-state index is 10.8. The number of aliphatic hydroxyl groups is 1. The molecule has 4 heterocycles. The van der Waals surface area contributed by atoms with Crippen LogP contribution in [0, 0.1) is 0 Å². The van der Waals surface area contributed by atoms with Crippen LogP contribution < -0.4 is 15.4 Å². The number of pyridine rings is 2. The predicted molar refractivity (Wildman–Crippen MR) is 116 cm³/mol. The fourth-order valence-corrected chi connectivity index (χ4v) is 3.83. The van der Waals surface area contributed by atoms with Gasteiger partial charge in [0.05, 0.1) is 29.1 Å². The maximum absolute atomic E-state index is 10.8. The lowest BCUT2D eigenvalue weighted by Gasteiger charge is -2.17. The van der Waals surface area contributed by atoms with Crippen molar-refractivity contribution in [3.05, 3.63) is 71.1 Å². The van der Waals surface area contributed by atoms with Gasteiger partial charge in [-0.3, -0.25) is 10.3 Å². The average Bonchev–Trinajstić information content (AvgIpc) is 3.26. The van der Waals surface area contributed by atoms with E-state index in [1.54, 1.807) is 25.6 Å². The molecule has 4 aromatic heterocycles. The molecule has 154 valence electrons. The number of aliphatic hydroxyl groups excluding tert-OH is 1. The van der Waals surface area contributed by atoms with E-state index in [1.807, 2.05) is 42.6 Å². The van der Waals surface area contributed by atoms with Gasteiger partial charge in [0.15, 0.2) is 0 Å². The minimum Gasteiger partial charge on any atom is -0.481 e. The second-order valence-electron chi connectivity index (χ2n) is 6.68. The van der Waals surface area contributed by atoms with E-state index < -0.39 is 6.23 Å². The average molecular weight is 423 g/mol. The van der Waals surface area contributed by atoms with Crippen molar-refractivity contribution in [2.75, 3.05) is 12.4 Å². The predicted octanol–water partition coefficient (Wildman–Crippen LogP) is 3.44. The Labute approximate surface area is 178 Å². The van der Waals surface area contributed by atoms with Crippen LogP contribution in [0.1, 0.15) is 36.1 Å². The zero-order valence-electron chi connectivity index (χ0n) is 16.6. The number of anilines is 1. The first-order chi connectivity index (χ1) is 14.6. The van der Waals surface area contributed by atoms with Crippen LogP contribution in [0.5, 0.6) is 5.88 Å². The summed E-state index contributed by atoms with van der Waals surface area (Å²) < 4.78 is 5.92. The molecular weight excluding hydrogens is 400 g/mol. The summed E-state index contributed by atoms with van der Waals surface area (Å²) in [6, 6.07) is 11.3. The maximum Gasteiger partial charge on any atom is 0.224 e. The minimum absolute atomic E-state index is 0.0781. The van der Waals surface area contributed by atoms with Gasteiger partial charge in [0.1, 0.15) is 11.9 Å². The second kappa shape index (κ2) is 9.12. The Balaban J connectivity index is 1.52. The minimum atomic E-state index is -0.957. The van der Waals surface area contributed by atoms with Gasteiger partial charge in [0, 0.05) is 25.0 Å². The van der Waals surface area contributed by atoms with Crippen LogP contribution in [0.3, 0.4) is 0 Å². The molecule has 30 heavy (non-hydrogen) atoms. The van der Waals surface area contributed by atoms with Crippen molar-refractivity contribution in [3.8, 4) is 5.88 Å². The first-order valence-corrected chi connectivity index (χ1v) is 10.3. The molecule has 0 saturated heterocycles. The number of fused-ring (bicyclic) bond motifs is 1. The molecule has 3 N–H and O–H groups in total. The van der Waals surface area contributed by atoms with Gasteiger partial charge in [-0.05, 0) is 36.1 Å². The first-order valence-electron chi connectivity index (χ1n) is 9.47. The largest absolute Gasteiger partial charge is 0.481 e. The Hall–Kier alpha value is -3.14. The summed E-state index contributed by atoms with van der Waals surface area (Å²) in [7, 11) is 1.58. The quantitative estimate of drug-likeness (QED) is 0.371. The molecule has 0 bridgehead atoms. The molecule has 0 aliphatic rings. The van der Waals surface area contributed by atoms with Crippen LogP contribution in [-0.2, 0) is 6.54 Å². The third kappa shape index (κ3) is 4.54. The molecule has 0 aromatic carbocycles. The number of nitrogens with one attached hydrogen (secondary N) is 2. The van der Waals surface area contributed by atoms with Gasteiger partial charge < -0.3 is 15.2 Å². The molecule has 2 atom stereocenters. The number of hydrogen-bond donors (Lipinski definition) is 3. The van der Waals surface area contributed by atoms with Crippen LogP contribution in [0.4, 0.5) is 5.95 Å². The molecule has 4 rings (SSSR count). The Morgan fingerprint density at radius 2 is 2.03 bits per heavy atom. The van der Waals surface area contributed by atoms with Gasteiger partial charge in [-0.2, -0.15) is 0 Å². The first kappa shape index (κ1) is 20.1. The monoisotopic (exact) mass is 422 g/mol. The lowest BCUT2D eigenvalue weighted by atomic mass is 10.2. The van der Waals surface area contributed by atoms with E-state index in [-0.39, 0.29) is 6.04 Å². The van der Waals surface area contributed by atoms with Crippen molar-refractivity contribution < 1.29 is 9.84 Å². The number of hydrogen-bond acceptors (Lipinski definition) is 9. The lowest BCUT2D eigenvalue weighted by Crippen LogP contribution is -2.22. The fraction of sp³-hybridized carbons (Fsp3) is 0.238. The molecule has 0 aliphatic heterocycles. The molecule has 0 amide bonds.